The number of aromatic nitrogens is 2. The minimum Gasteiger partial charge on any atom is -0.482 e. The highest BCUT2D eigenvalue weighted by atomic mass is 35.5. The number of carbonyl (C=O) groups excluding carboxylic acids is 1. The normalized spacial score (nSPS) is 11.1. The van der Waals surface area contributed by atoms with Crippen molar-refractivity contribution in [2.75, 3.05) is 6.61 Å². The average molecular weight is 373 g/mol. The molecule has 0 unspecified atom stereocenters. The van der Waals surface area contributed by atoms with E-state index in [1.165, 1.54) is 18.3 Å². The molecule has 1 amide bonds. The molecule has 3 rings (SSSR count). The lowest BCUT2D eigenvalue weighted by Crippen LogP contribution is -2.32. The summed E-state index contributed by atoms with van der Waals surface area (Å²) >= 11 is 6.06. The Kier molecular flexibility index (Phi) is 4.85. The maximum atomic E-state index is 12.4. The first kappa shape index (κ1) is 17.4. The Bertz CT molecular complexity index is 1130. The summed E-state index contributed by atoms with van der Waals surface area (Å²) in [5.74, 6) is -0.343. The second-order valence-electron chi connectivity index (χ2n) is 5.28. The molecule has 0 aliphatic rings. The molecule has 0 spiro atoms. The molecule has 0 aliphatic carbocycles. The van der Waals surface area contributed by atoms with Crippen LogP contribution in [0.1, 0.15) is 5.56 Å². The fraction of sp³-hybridized carbons (Fsp3) is 0.0588. The van der Waals surface area contributed by atoms with E-state index in [4.69, 9.17) is 22.1 Å². The van der Waals surface area contributed by atoms with Gasteiger partial charge in [0, 0.05) is 0 Å². The van der Waals surface area contributed by atoms with Crippen molar-refractivity contribution in [1.29, 1.82) is 0 Å². The summed E-state index contributed by atoms with van der Waals surface area (Å²) in [4.78, 5) is 37.8. The van der Waals surface area contributed by atoms with Crippen LogP contribution in [0.2, 0.25) is 5.02 Å². The Morgan fingerprint density at radius 1 is 1.27 bits per heavy atom. The zero-order valence-corrected chi connectivity index (χ0v) is 14.1. The van der Waals surface area contributed by atoms with Gasteiger partial charge in [-0.15, -0.1) is 4.68 Å². The lowest BCUT2D eigenvalue weighted by molar-refractivity contribution is -0.119. The standard InChI is InChI=1S/C17H13ClN4O4/c18-12-7-10(5-6-14(12)26-9-15(19)23)8-20-22-16(24)11-3-1-2-4-13(11)21-17(22)25/h1-8H,9H2,(H2,19,23)(H,21,25). The summed E-state index contributed by atoms with van der Waals surface area (Å²) in [5, 5.41) is 4.51. The van der Waals surface area contributed by atoms with E-state index < -0.39 is 17.2 Å². The van der Waals surface area contributed by atoms with Crippen LogP contribution in [-0.2, 0) is 4.79 Å². The first-order chi connectivity index (χ1) is 12.5. The van der Waals surface area contributed by atoms with Crippen molar-refractivity contribution < 1.29 is 9.53 Å². The third-order valence-electron chi connectivity index (χ3n) is 3.43. The topological polar surface area (TPSA) is 120 Å². The number of nitrogens with zero attached hydrogens (tertiary/aromatic N) is 2. The van der Waals surface area contributed by atoms with Crippen molar-refractivity contribution in [2.45, 2.75) is 0 Å². The van der Waals surface area contributed by atoms with Crippen molar-refractivity contribution in [1.82, 2.24) is 9.66 Å². The van der Waals surface area contributed by atoms with Gasteiger partial charge in [-0.1, -0.05) is 23.7 Å². The van der Waals surface area contributed by atoms with E-state index in [-0.39, 0.29) is 17.4 Å². The molecule has 2 aromatic carbocycles. The smallest absolute Gasteiger partial charge is 0.349 e. The molecule has 0 fully saturated rings. The number of hydrogen-bond donors (Lipinski definition) is 2. The fourth-order valence-corrected chi connectivity index (χ4v) is 2.49. The Balaban J connectivity index is 1.92. The Hall–Kier alpha value is -3.39. The van der Waals surface area contributed by atoms with Crippen LogP contribution in [0.5, 0.6) is 5.75 Å². The molecule has 0 bridgehead atoms. The number of aromatic amines is 1. The van der Waals surface area contributed by atoms with Crippen molar-refractivity contribution in [3.8, 4) is 5.75 Å². The summed E-state index contributed by atoms with van der Waals surface area (Å²) in [7, 11) is 0. The summed E-state index contributed by atoms with van der Waals surface area (Å²) < 4.78 is 5.87. The van der Waals surface area contributed by atoms with Crippen LogP contribution in [-0.4, -0.2) is 28.4 Å². The zero-order valence-electron chi connectivity index (χ0n) is 13.3. The SMILES string of the molecule is NC(=O)COc1ccc(C=Nn2c(=O)[nH]c3ccccc3c2=O)cc1Cl. The van der Waals surface area contributed by atoms with Crippen molar-refractivity contribution in [3.05, 3.63) is 73.9 Å². The number of carbonyl (C=O) groups is 1. The number of ether oxygens (including phenoxy) is 1. The van der Waals surface area contributed by atoms with Gasteiger partial charge < -0.3 is 15.5 Å². The Morgan fingerprint density at radius 2 is 2.04 bits per heavy atom. The molecule has 132 valence electrons. The zero-order chi connectivity index (χ0) is 18.7. The first-order valence-electron chi connectivity index (χ1n) is 7.45. The van der Waals surface area contributed by atoms with Gasteiger partial charge in [-0.3, -0.25) is 9.59 Å². The van der Waals surface area contributed by atoms with E-state index in [9.17, 15) is 14.4 Å². The first-order valence-corrected chi connectivity index (χ1v) is 7.82. The summed E-state index contributed by atoms with van der Waals surface area (Å²) in [6, 6.07) is 11.3. The lowest BCUT2D eigenvalue weighted by atomic mass is 10.2. The molecule has 1 aromatic heterocycles. The largest absolute Gasteiger partial charge is 0.482 e. The molecule has 9 heteroatoms. The number of primary amides is 1. The molecule has 0 saturated heterocycles. The maximum Gasteiger partial charge on any atom is 0.349 e. The molecule has 8 nitrogen and oxygen atoms in total. The van der Waals surface area contributed by atoms with Crippen LogP contribution in [0.4, 0.5) is 0 Å². The number of fused-ring (bicyclic) bond motifs is 1. The maximum absolute atomic E-state index is 12.4. The molecular formula is C17H13ClN4O4. The van der Waals surface area contributed by atoms with Crippen molar-refractivity contribution >= 4 is 34.6 Å². The van der Waals surface area contributed by atoms with E-state index in [0.717, 1.165) is 4.68 Å². The third-order valence-corrected chi connectivity index (χ3v) is 3.73. The van der Waals surface area contributed by atoms with Gasteiger partial charge >= 0.3 is 5.69 Å². The van der Waals surface area contributed by atoms with Crippen LogP contribution < -0.4 is 21.7 Å². The predicted octanol–water partition coefficient (Wildman–Crippen LogP) is 1.09. The molecule has 0 aliphatic heterocycles. The highest BCUT2D eigenvalue weighted by Gasteiger charge is 2.07. The van der Waals surface area contributed by atoms with Gasteiger partial charge in [0.15, 0.2) is 6.61 Å². The van der Waals surface area contributed by atoms with Gasteiger partial charge in [0.25, 0.3) is 11.5 Å². The molecule has 3 aromatic rings. The molecule has 0 radical (unpaired) electrons. The number of para-hydroxylation sites is 1. The number of hydrogen-bond acceptors (Lipinski definition) is 5. The van der Waals surface area contributed by atoms with Crippen LogP contribution in [0.25, 0.3) is 10.9 Å². The number of H-pyrrole nitrogens is 1. The second-order valence-corrected chi connectivity index (χ2v) is 5.69. The van der Waals surface area contributed by atoms with Gasteiger partial charge in [0.2, 0.25) is 0 Å². The quantitative estimate of drug-likeness (QED) is 0.651. The highest BCUT2D eigenvalue weighted by Crippen LogP contribution is 2.24. The lowest BCUT2D eigenvalue weighted by Gasteiger charge is -2.06. The van der Waals surface area contributed by atoms with E-state index in [0.29, 0.717) is 16.5 Å². The van der Waals surface area contributed by atoms with E-state index in [1.807, 2.05) is 0 Å². The van der Waals surface area contributed by atoms with Gasteiger partial charge in [-0.2, -0.15) is 5.10 Å². The average Bonchev–Trinajstić information content (AvgIpc) is 2.60. The monoisotopic (exact) mass is 372 g/mol. The van der Waals surface area contributed by atoms with Crippen molar-refractivity contribution in [3.63, 3.8) is 0 Å². The predicted molar refractivity (Wildman–Crippen MR) is 98.0 cm³/mol. The minimum absolute atomic E-state index is 0.231. The number of rotatable bonds is 5. The number of nitrogens with two attached hydrogens (primary N) is 1. The second kappa shape index (κ2) is 7.24. The molecule has 1 heterocycles. The van der Waals surface area contributed by atoms with Crippen LogP contribution in [0.15, 0.2) is 57.2 Å². The van der Waals surface area contributed by atoms with Crippen molar-refractivity contribution in [2.24, 2.45) is 10.8 Å². The Morgan fingerprint density at radius 3 is 2.77 bits per heavy atom. The summed E-state index contributed by atoms with van der Waals surface area (Å²) in [5.41, 5.74) is 4.78. The van der Waals surface area contributed by atoms with E-state index in [1.54, 1.807) is 30.3 Å². The van der Waals surface area contributed by atoms with Crippen LogP contribution in [0, 0.1) is 0 Å². The van der Waals surface area contributed by atoms with Crippen LogP contribution in [0.3, 0.4) is 0 Å². The number of amides is 1. The molecule has 3 N–H and O–H groups in total. The third kappa shape index (κ3) is 3.65. The molecule has 0 atom stereocenters. The number of nitrogens with one attached hydrogen (secondary N) is 1. The molecule has 26 heavy (non-hydrogen) atoms. The summed E-state index contributed by atoms with van der Waals surface area (Å²) in [6.45, 7) is -0.297. The van der Waals surface area contributed by atoms with Gasteiger partial charge in [-0.05, 0) is 35.9 Å². The van der Waals surface area contributed by atoms with E-state index in [2.05, 4.69) is 10.1 Å². The molecule has 0 saturated carbocycles. The number of benzene rings is 2. The summed E-state index contributed by atoms with van der Waals surface area (Å²) in [6.07, 6.45) is 1.31. The number of halogens is 1. The minimum atomic E-state index is -0.655. The molecular weight excluding hydrogens is 360 g/mol. The Labute approximate surface area is 151 Å². The highest BCUT2D eigenvalue weighted by molar-refractivity contribution is 6.32. The fourth-order valence-electron chi connectivity index (χ4n) is 2.25. The van der Waals surface area contributed by atoms with Gasteiger partial charge in [-0.25, -0.2) is 4.79 Å². The van der Waals surface area contributed by atoms with Gasteiger partial charge in [0.1, 0.15) is 5.75 Å². The van der Waals surface area contributed by atoms with Gasteiger partial charge in [0.05, 0.1) is 22.1 Å². The van der Waals surface area contributed by atoms with Crippen LogP contribution >= 0.6 is 11.6 Å². The van der Waals surface area contributed by atoms with E-state index >= 15 is 0 Å².